The Hall–Kier alpha value is -2.60. The van der Waals surface area contributed by atoms with Crippen LogP contribution in [-0.4, -0.2) is 47.5 Å². The molecule has 0 spiro atoms. The Morgan fingerprint density at radius 3 is 2.33 bits per heavy atom. The molecule has 2 aromatic carbocycles. The highest BCUT2D eigenvalue weighted by atomic mass is 35.5. The van der Waals surface area contributed by atoms with Gasteiger partial charge in [-0.15, -0.1) is 0 Å². The Labute approximate surface area is 215 Å². The monoisotopic (exact) mass is 560 g/mol. The summed E-state index contributed by atoms with van der Waals surface area (Å²) in [4.78, 5) is 12.9. The first-order valence-electron chi connectivity index (χ1n) is 10.7. The number of halogens is 5. The number of benzene rings is 2. The molecule has 1 N–H and O–H groups in total. The van der Waals surface area contributed by atoms with E-state index in [4.69, 9.17) is 23.2 Å². The number of nitrogens with one attached hydrogen (secondary N) is 1. The number of carbonyl (C=O) groups excluding carboxylic acids is 1. The van der Waals surface area contributed by atoms with Crippen molar-refractivity contribution in [1.29, 1.82) is 0 Å². The Bertz CT molecular complexity index is 1410. The SMILES string of the molecule is Cc1nn(C)c(Cl)c1S(=O)(=O)N1C[C@H](NC(=O)c2cccc(C(F)(F)F)c2Cl)[C@@H](c2ccccc2)C1. The third-order valence-electron chi connectivity index (χ3n) is 6.08. The second kappa shape index (κ2) is 9.70. The quantitative estimate of drug-likeness (QED) is 0.492. The molecule has 1 fully saturated rings. The number of aromatic nitrogens is 2. The maximum Gasteiger partial charge on any atom is 0.417 e. The lowest BCUT2D eigenvalue weighted by Gasteiger charge is -2.21. The van der Waals surface area contributed by atoms with Crippen LogP contribution in [0.2, 0.25) is 10.2 Å². The number of amides is 1. The third kappa shape index (κ3) is 4.84. The van der Waals surface area contributed by atoms with E-state index in [1.807, 2.05) is 0 Å². The van der Waals surface area contributed by atoms with Crippen LogP contribution in [0.4, 0.5) is 13.2 Å². The first-order chi connectivity index (χ1) is 16.8. The van der Waals surface area contributed by atoms with E-state index in [0.717, 1.165) is 17.7 Å². The summed E-state index contributed by atoms with van der Waals surface area (Å²) in [5.41, 5.74) is -0.508. The minimum absolute atomic E-state index is 0.0122. The Kier molecular flexibility index (Phi) is 7.13. The third-order valence-corrected chi connectivity index (χ3v) is 9.01. The van der Waals surface area contributed by atoms with Crippen LogP contribution in [0.5, 0.6) is 0 Å². The molecule has 2 heterocycles. The molecule has 1 aliphatic heterocycles. The molecule has 0 bridgehead atoms. The summed E-state index contributed by atoms with van der Waals surface area (Å²) in [7, 11) is -2.58. The van der Waals surface area contributed by atoms with Crippen molar-refractivity contribution < 1.29 is 26.4 Å². The molecule has 1 amide bonds. The topological polar surface area (TPSA) is 84.3 Å². The molecule has 1 aliphatic rings. The summed E-state index contributed by atoms with van der Waals surface area (Å²) >= 11 is 12.2. The first kappa shape index (κ1) is 26.5. The van der Waals surface area contributed by atoms with Gasteiger partial charge in [0.2, 0.25) is 10.0 Å². The van der Waals surface area contributed by atoms with Crippen LogP contribution in [0.1, 0.15) is 33.1 Å². The number of alkyl halides is 3. The smallest absolute Gasteiger partial charge is 0.347 e. The van der Waals surface area contributed by atoms with Gasteiger partial charge in [0.1, 0.15) is 10.0 Å². The van der Waals surface area contributed by atoms with Crippen molar-refractivity contribution in [2.75, 3.05) is 13.1 Å². The van der Waals surface area contributed by atoms with E-state index in [-0.39, 0.29) is 34.4 Å². The van der Waals surface area contributed by atoms with Gasteiger partial charge in [-0.2, -0.15) is 22.6 Å². The number of rotatable bonds is 5. The molecule has 1 saturated heterocycles. The minimum Gasteiger partial charge on any atom is -0.347 e. The first-order valence-corrected chi connectivity index (χ1v) is 12.9. The average molecular weight is 561 g/mol. The molecule has 192 valence electrons. The molecule has 0 saturated carbocycles. The van der Waals surface area contributed by atoms with Crippen LogP contribution in [-0.2, 0) is 23.2 Å². The summed E-state index contributed by atoms with van der Waals surface area (Å²) in [5, 5.41) is 6.00. The van der Waals surface area contributed by atoms with Crippen LogP contribution in [0, 0.1) is 6.92 Å². The lowest BCUT2D eigenvalue weighted by atomic mass is 9.94. The number of hydrogen-bond acceptors (Lipinski definition) is 4. The van der Waals surface area contributed by atoms with Gasteiger partial charge in [0, 0.05) is 26.1 Å². The van der Waals surface area contributed by atoms with Gasteiger partial charge < -0.3 is 5.32 Å². The van der Waals surface area contributed by atoms with Crippen LogP contribution >= 0.6 is 23.2 Å². The zero-order valence-corrected chi connectivity index (χ0v) is 21.4. The van der Waals surface area contributed by atoms with E-state index in [0.29, 0.717) is 0 Å². The summed E-state index contributed by atoms with van der Waals surface area (Å²) in [5.74, 6) is -1.32. The van der Waals surface area contributed by atoms with Gasteiger partial charge in [-0.1, -0.05) is 59.6 Å². The molecule has 0 unspecified atom stereocenters. The molecule has 36 heavy (non-hydrogen) atoms. The molecule has 7 nitrogen and oxygen atoms in total. The lowest BCUT2D eigenvalue weighted by Crippen LogP contribution is -2.40. The van der Waals surface area contributed by atoms with Crippen molar-refractivity contribution in [1.82, 2.24) is 19.4 Å². The molecule has 4 rings (SSSR count). The van der Waals surface area contributed by atoms with Crippen LogP contribution < -0.4 is 5.32 Å². The fourth-order valence-corrected chi connectivity index (χ4v) is 6.87. The lowest BCUT2D eigenvalue weighted by molar-refractivity contribution is -0.137. The predicted molar refractivity (Wildman–Crippen MR) is 129 cm³/mol. The molecule has 13 heteroatoms. The van der Waals surface area contributed by atoms with E-state index in [1.54, 1.807) is 30.3 Å². The number of carbonyl (C=O) groups is 1. The number of nitrogens with zero attached hydrogens (tertiary/aromatic N) is 3. The molecule has 0 radical (unpaired) electrons. The second-order valence-corrected chi connectivity index (χ2v) is 11.0. The molecule has 2 atom stereocenters. The van der Waals surface area contributed by atoms with Crippen molar-refractivity contribution in [3.63, 3.8) is 0 Å². The van der Waals surface area contributed by atoms with Gasteiger partial charge >= 0.3 is 6.18 Å². The standard InChI is InChI=1S/C23H21Cl2F3N4O3S/c1-13-20(21(25)31(2)30-13)36(34,35)32-11-16(14-7-4-3-5-8-14)18(12-32)29-22(33)15-9-6-10-17(19(15)24)23(26,27)28/h3-10,16,18H,11-12H2,1-2H3,(H,29,33)/t16-,18+/m1/s1. The molecule has 1 aromatic heterocycles. The zero-order chi connectivity index (χ0) is 26.4. The maximum atomic E-state index is 13.5. The Morgan fingerprint density at radius 1 is 1.08 bits per heavy atom. The van der Waals surface area contributed by atoms with Crippen molar-refractivity contribution in [2.24, 2.45) is 7.05 Å². The van der Waals surface area contributed by atoms with Crippen LogP contribution in [0.25, 0.3) is 0 Å². The van der Waals surface area contributed by atoms with Crippen molar-refractivity contribution >= 4 is 39.1 Å². The maximum absolute atomic E-state index is 13.5. The normalized spacial score (nSPS) is 19.0. The van der Waals surface area contributed by atoms with Crippen molar-refractivity contribution in [2.45, 2.75) is 30.0 Å². The van der Waals surface area contributed by atoms with E-state index in [2.05, 4.69) is 10.4 Å². The number of hydrogen-bond donors (Lipinski definition) is 1. The highest BCUT2D eigenvalue weighted by Crippen LogP contribution is 2.37. The van der Waals surface area contributed by atoms with E-state index in [1.165, 1.54) is 29.0 Å². The van der Waals surface area contributed by atoms with Gasteiger partial charge in [0.25, 0.3) is 5.91 Å². The molecular formula is C23H21Cl2F3N4O3S. The molecule has 0 aliphatic carbocycles. The largest absolute Gasteiger partial charge is 0.417 e. The fourth-order valence-electron chi connectivity index (χ4n) is 4.35. The molecule has 3 aromatic rings. The highest BCUT2D eigenvalue weighted by Gasteiger charge is 2.43. The fraction of sp³-hybridized carbons (Fsp3) is 0.304. The minimum atomic E-state index is -4.74. The van der Waals surface area contributed by atoms with Gasteiger partial charge in [-0.05, 0) is 24.6 Å². The summed E-state index contributed by atoms with van der Waals surface area (Å²) in [6.07, 6.45) is -4.74. The van der Waals surface area contributed by atoms with Gasteiger partial charge in [-0.25, -0.2) is 8.42 Å². The average Bonchev–Trinajstić information content (AvgIpc) is 3.34. The Morgan fingerprint density at radius 2 is 1.75 bits per heavy atom. The predicted octanol–water partition coefficient (Wildman–Crippen LogP) is 4.64. The second-order valence-electron chi connectivity index (χ2n) is 8.41. The highest BCUT2D eigenvalue weighted by molar-refractivity contribution is 7.89. The summed E-state index contributed by atoms with van der Waals surface area (Å²) in [6.45, 7) is 1.41. The molecular weight excluding hydrogens is 540 g/mol. The van der Waals surface area contributed by atoms with E-state index >= 15 is 0 Å². The number of aryl methyl sites for hydroxylation is 2. The van der Waals surface area contributed by atoms with Gasteiger partial charge in [-0.3, -0.25) is 9.48 Å². The summed E-state index contributed by atoms with van der Waals surface area (Å²) < 4.78 is 69.3. The van der Waals surface area contributed by atoms with Crippen molar-refractivity contribution in [3.05, 3.63) is 81.1 Å². The summed E-state index contributed by atoms with van der Waals surface area (Å²) in [6, 6.07) is 11.2. The van der Waals surface area contributed by atoms with Gasteiger partial charge in [0.05, 0.1) is 27.9 Å². The zero-order valence-electron chi connectivity index (χ0n) is 19.1. The van der Waals surface area contributed by atoms with E-state index in [9.17, 15) is 26.4 Å². The van der Waals surface area contributed by atoms with E-state index < -0.39 is 44.7 Å². The van der Waals surface area contributed by atoms with Crippen LogP contribution in [0.3, 0.4) is 0 Å². The van der Waals surface area contributed by atoms with Crippen molar-refractivity contribution in [3.8, 4) is 0 Å². The Balaban J connectivity index is 1.68. The van der Waals surface area contributed by atoms with Crippen LogP contribution in [0.15, 0.2) is 53.4 Å². The number of sulfonamides is 1. The van der Waals surface area contributed by atoms with Gasteiger partial charge in [0.15, 0.2) is 0 Å².